The summed E-state index contributed by atoms with van der Waals surface area (Å²) in [5.74, 6) is 0.860. The van der Waals surface area contributed by atoms with Gasteiger partial charge in [-0.25, -0.2) is 0 Å². The zero-order valence-corrected chi connectivity index (χ0v) is 13.0. The van der Waals surface area contributed by atoms with Crippen LogP contribution in [0.4, 0.5) is 0 Å². The van der Waals surface area contributed by atoms with Crippen molar-refractivity contribution in [3.05, 3.63) is 18.5 Å². The number of halogens is 1. The molecule has 0 saturated heterocycles. The minimum atomic E-state index is 0.463. The summed E-state index contributed by atoms with van der Waals surface area (Å²) in [6, 6.07) is 2.04. The molecule has 4 unspecified atom stereocenters. The van der Waals surface area contributed by atoms with E-state index >= 15 is 0 Å². The molecule has 0 aliphatic heterocycles. The SMILES string of the molecule is CC1CC2(C)CC(Br)CC(Cn3cccn3)(C1)C2. The second kappa shape index (κ2) is 4.36. The zero-order chi connectivity index (χ0) is 12.8. The molecule has 2 bridgehead atoms. The summed E-state index contributed by atoms with van der Waals surface area (Å²) in [6.07, 6.45) is 10.8. The van der Waals surface area contributed by atoms with E-state index in [1.54, 1.807) is 0 Å². The molecule has 2 fully saturated rings. The normalized spacial score (nSPS) is 43.9. The minimum absolute atomic E-state index is 0.463. The van der Waals surface area contributed by atoms with Gasteiger partial charge in [-0.1, -0.05) is 29.8 Å². The summed E-state index contributed by atoms with van der Waals surface area (Å²) in [4.78, 5) is 0.694. The lowest BCUT2D eigenvalue weighted by molar-refractivity contribution is -0.0233. The van der Waals surface area contributed by atoms with Crippen LogP contribution in [0.2, 0.25) is 0 Å². The first-order valence-electron chi connectivity index (χ1n) is 7.10. The van der Waals surface area contributed by atoms with Gasteiger partial charge >= 0.3 is 0 Å². The Morgan fingerprint density at radius 2 is 2.17 bits per heavy atom. The first-order chi connectivity index (χ1) is 8.49. The molecule has 4 atom stereocenters. The third-order valence-electron chi connectivity index (χ3n) is 4.85. The topological polar surface area (TPSA) is 17.8 Å². The Morgan fingerprint density at radius 3 is 2.89 bits per heavy atom. The number of hydrogen-bond donors (Lipinski definition) is 0. The van der Waals surface area contributed by atoms with Crippen molar-refractivity contribution in [1.82, 2.24) is 9.78 Å². The lowest BCUT2D eigenvalue weighted by atomic mass is 9.53. The van der Waals surface area contributed by atoms with Gasteiger partial charge in [0, 0.05) is 23.8 Å². The highest BCUT2D eigenvalue weighted by atomic mass is 79.9. The quantitative estimate of drug-likeness (QED) is 0.747. The first kappa shape index (κ1) is 12.7. The molecule has 0 radical (unpaired) electrons. The highest BCUT2D eigenvalue weighted by Gasteiger charge is 2.50. The third-order valence-corrected chi connectivity index (χ3v) is 5.50. The molecule has 0 N–H and O–H groups in total. The van der Waals surface area contributed by atoms with Crippen molar-refractivity contribution in [3.63, 3.8) is 0 Å². The van der Waals surface area contributed by atoms with Crippen LogP contribution in [0.15, 0.2) is 18.5 Å². The van der Waals surface area contributed by atoms with Gasteiger partial charge in [0.25, 0.3) is 0 Å². The molecule has 3 heteroatoms. The smallest absolute Gasteiger partial charge is 0.0489 e. The first-order valence-corrected chi connectivity index (χ1v) is 8.02. The Labute approximate surface area is 118 Å². The molecule has 100 valence electrons. The van der Waals surface area contributed by atoms with Crippen molar-refractivity contribution < 1.29 is 0 Å². The van der Waals surface area contributed by atoms with E-state index < -0.39 is 0 Å². The number of aromatic nitrogens is 2. The summed E-state index contributed by atoms with van der Waals surface area (Å²) in [6.45, 7) is 6.03. The van der Waals surface area contributed by atoms with Crippen LogP contribution in [-0.2, 0) is 6.54 Å². The van der Waals surface area contributed by atoms with Gasteiger partial charge in [0.05, 0.1) is 0 Å². The molecule has 2 saturated carbocycles. The van der Waals surface area contributed by atoms with Gasteiger partial charge in [-0.3, -0.25) is 4.68 Å². The highest BCUT2D eigenvalue weighted by molar-refractivity contribution is 9.09. The Morgan fingerprint density at radius 1 is 1.33 bits per heavy atom. The van der Waals surface area contributed by atoms with Crippen LogP contribution in [-0.4, -0.2) is 14.6 Å². The summed E-state index contributed by atoms with van der Waals surface area (Å²) >= 11 is 3.91. The fourth-order valence-electron chi connectivity index (χ4n) is 5.01. The molecule has 1 aromatic rings. The molecule has 1 aromatic heterocycles. The van der Waals surface area contributed by atoms with Crippen molar-refractivity contribution in [2.24, 2.45) is 16.7 Å². The maximum Gasteiger partial charge on any atom is 0.0489 e. The molecule has 18 heavy (non-hydrogen) atoms. The molecule has 3 rings (SSSR count). The fraction of sp³-hybridized carbons (Fsp3) is 0.800. The van der Waals surface area contributed by atoms with E-state index in [9.17, 15) is 0 Å². The fourth-order valence-corrected chi connectivity index (χ4v) is 6.48. The molecular weight excluding hydrogens is 288 g/mol. The lowest BCUT2D eigenvalue weighted by Gasteiger charge is -2.54. The molecule has 2 aliphatic carbocycles. The number of rotatable bonds is 2. The van der Waals surface area contributed by atoms with Crippen molar-refractivity contribution in [2.75, 3.05) is 0 Å². The molecule has 0 spiro atoms. The van der Waals surface area contributed by atoms with E-state index in [1.807, 2.05) is 12.3 Å². The lowest BCUT2D eigenvalue weighted by Crippen LogP contribution is -2.47. The van der Waals surface area contributed by atoms with E-state index in [0.717, 1.165) is 12.5 Å². The Balaban J connectivity index is 1.87. The number of nitrogens with zero attached hydrogens (tertiary/aromatic N) is 2. The standard InChI is InChI=1S/C15H23BrN2/c1-12-6-14(2)8-13(16)9-15(7-12,10-14)11-18-5-3-4-17-18/h3-5,12-13H,6-11H2,1-2H3. The van der Waals surface area contributed by atoms with E-state index in [2.05, 4.69) is 45.8 Å². The molecule has 0 aromatic carbocycles. The number of fused-ring (bicyclic) bond motifs is 2. The van der Waals surface area contributed by atoms with Crippen molar-refractivity contribution in [3.8, 4) is 0 Å². The van der Waals surface area contributed by atoms with Gasteiger partial charge in [-0.2, -0.15) is 5.10 Å². The molecular formula is C15H23BrN2. The predicted molar refractivity (Wildman–Crippen MR) is 77.7 cm³/mol. The van der Waals surface area contributed by atoms with Gasteiger partial charge in [-0.15, -0.1) is 0 Å². The van der Waals surface area contributed by atoms with Gasteiger partial charge in [0.1, 0.15) is 0 Å². The van der Waals surface area contributed by atoms with Crippen molar-refractivity contribution >= 4 is 15.9 Å². The molecule has 2 nitrogen and oxygen atoms in total. The highest BCUT2D eigenvalue weighted by Crippen LogP contribution is 2.59. The second-order valence-corrected chi connectivity index (χ2v) is 8.50. The molecule has 1 heterocycles. The maximum atomic E-state index is 4.43. The van der Waals surface area contributed by atoms with E-state index in [4.69, 9.17) is 0 Å². The van der Waals surface area contributed by atoms with E-state index in [1.165, 1.54) is 32.1 Å². The van der Waals surface area contributed by atoms with Crippen LogP contribution in [0.1, 0.15) is 46.0 Å². The minimum Gasteiger partial charge on any atom is -0.272 e. The third kappa shape index (κ3) is 2.38. The van der Waals surface area contributed by atoms with E-state index in [0.29, 0.717) is 15.7 Å². The summed E-state index contributed by atoms with van der Waals surface area (Å²) in [7, 11) is 0. The number of hydrogen-bond acceptors (Lipinski definition) is 1. The maximum absolute atomic E-state index is 4.43. The second-order valence-electron chi connectivity index (χ2n) is 7.21. The van der Waals surface area contributed by atoms with Gasteiger partial charge in [0.15, 0.2) is 0 Å². The summed E-state index contributed by atoms with van der Waals surface area (Å²) in [5.41, 5.74) is 1.00. The monoisotopic (exact) mass is 310 g/mol. The van der Waals surface area contributed by atoms with Crippen LogP contribution in [0.3, 0.4) is 0 Å². The zero-order valence-electron chi connectivity index (χ0n) is 11.4. The van der Waals surface area contributed by atoms with Crippen LogP contribution in [0.5, 0.6) is 0 Å². The van der Waals surface area contributed by atoms with Gasteiger partial charge < -0.3 is 0 Å². The van der Waals surface area contributed by atoms with Crippen molar-refractivity contribution in [2.45, 2.75) is 57.3 Å². The van der Waals surface area contributed by atoms with Crippen LogP contribution < -0.4 is 0 Å². The van der Waals surface area contributed by atoms with Gasteiger partial charge in [0.2, 0.25) is 0 Å². The molecule has 0 amide bonds. The van der Waals surface area contributed by atoms with Gasteiger partial charge in [-0.05, 0) is 54.9 Å². The Kier molecular flexibility index (Phi) is 3.08. The largest absolute Gasteiger partial charge is 0.272 e. The average molecular weight is 311 g/mol. The summed E-state index contributed by atoms with van der Waals surface area (Å²) in [5, 5.41) is 4.43. The van der Waals surface area contributed by atoms with Crippen LogP contribution in [0, 0.1) is 16.7 Å². The van der Waals surface area contributed by atoms with E-state index in [-0.39, 0.29) is 0 Å². The van der Waals surface area contributed by atoms with Crippen LogP contribution >= 0.6 is 15.9 Å². The Hall–Kier alpha value is -0.310. The Bertz CT molecular complexity index is 398. The van der Waals surface area contributed by atoms with Crippen LogP contribution in [0.25, 0.3) is 0 Å². The molecule has 2 aliphatic rings. The predicted octanol–water partition coefficient (Wildman–Crippen LogP) is 4.25. The van der Waals surface area contributed by atoms with Crippen molar-refractivity contribution in [1.29, 1.82) is 0 Å². The summed E-state index contributed by atoms with van der Waals surface area (Å²) < 4.78 is 2.14. The number of alkyl halides is 1. The average Bonchev–Trinajstić information content (AvgIpc) is 2.64.